The SMILES string of the molecule is CO[C@@H]1CN(Cc2c(C)cccc2C)C[C@H]1NC(=O)[C@H]1CCCC(=O)N1. The van der Waals surface area contributed by atoms with Crippen LogP contribution in [0, 0.1) is 13.8 Å². The van der Waals surface area contributed by atoms with E-state index in [9.17, 15) is 9.59 Å². The summed E-state index contributed by atoms with van der Waals surface area (Å²) in [6.07, 6.45) is 1.94. The smallest absolute Gasteiger partial charge is 0.242 e. The number of hydrogen-bond acceptors (Lipinski definition) is 4. The van der Waals surface area contributed by atoms with E-state index in [1.54, 1.807) is 7.11 Å². The zero-order valence-electron chi connectivity index (χ0n) is 15.9. The lowest BCUT2D eigenvalue weighted by molar-refractivity contribution is -0.131. The molecular weight excluding hydrogens is 330 g/mol. The molecule has 0 spiro atoms. The minimum Gasteiger partial charge on any atom is -0.378 e. The van der Waals surface area contributed by atoms with Crippen LogP contribution in [0.1, 0.15) is 36.0 Å². The molecule has 2 aliphatic heterocycles. The molecule has 1 aromatic carbocycles. The van der Waals surface area contributed by atoms with Crippen LogP contribution in [0.3, 0.4) is 0 Å². The number of rotatable bonds is 5. The van der Waals surface area contributed by atoms with Crippen molar-refractivity contribution in [2.45, 2.75) is 57.8 Å². The van der Waals surface area contributed by atoms with Crippen LogP contribution in [0.25, 0.3) is 0 Å². The first kappa shape index (κ1) is 18.9. The Balaban J connectivity index is 1.62. The lowest BCUT2D eigenvalue weighted by Gasteiger charge is -2.26. The van der Waals surface area contributed by atoms with Gasteiger partial charge in [-0.15, -0.1) is 0 Å². The van der Waals surface area contributed by atoms with Gasteiger partial charge in [0, 0.05) is 33.2 Å². The third-order valence-electron chi connectivity index (χ3n) is 5.55. The zero-order valence-corrected chi connectivity index (χ0v) is 15.9. The highest BCUT2D eigenvalue weighted by atomic mass is 16.5. The molecule has 142 valence electrons. The Morgan fingerprint density at radius 3 is 2.69 bits per heavy atom. The normalized spacial score (nSPS) is 26.6. The highest BCUT2D eigenvalue weighted by Crippen LogP contribution is 2.21. The van der Waals surface area contributed by atoms with Crippen molar-refractivity contribution in [1.29, 1.82) is 0 Å². The third-order valence-corrected chi connectivity index (χ3v) is 5.55. The number of benzene rings is 1. The highest BCUT2D eigenvalue weighted by Gasteiger charge is 2.36. The minimum absolute atomic E-state index is 0.0391. The van der Waals surface area contributed by atoms with E-state index < -0.39 is 6.04 Å². The highest BCUT2D eigenvalue weighted by molar-refractivity contribution is 5.88. The molecule has 2 fully saturated rings. The summed E-state index contributed by atoms with van der Waals surface area (Å²) in [5.74, 6) is -0.137. The van der Waals surface area contributed by atoms with Crippen molar-refractivity contribution in [3.63, 3.8) is 0 Å². The maximum atomic E-state index is 12.5. The van der Waals surface area contributed by atoms with Gasteiger partial charge in [0.25, 0.3) is 0 Å². The molecule has 3 rings (SSSR count). The molecule has 0 radical (unpaired) electrons. The van der Waals surface area contributed by atoms with Gasteiger partial charge in [0.15, 0.2) is 0 Å². The average Bonchev–Trinajstić information content (AvgIpc) is 3.00. The summed E-state index contributed by atoms with van der Waals surface area (Å²) in [6.45, 7) is 6.66. The van der Waals surface area contributed by atoms with E-state index in [0.717, 1.165) is 26.1 Å². The quantitative estimate of drug-likeness (QED) is 0.831. The van der Waals surface area contributed by atoms with Crippen molar-refractivity contribution in [3.05, 3.63) is 34.9 Å². The summed E-state index contributed by atoms with van der Waals surface area (Å²) in [7, 11) is 1.69. The van der Waals surface area contributed by atoms with E-state index in [2.05, 4.69) is 47.6 Å². The Bertz CT molecular complexity index is 656. The molecule has 0 aliphatic carbocycles. The van der Waals surface area contributed by atoms with E-state index in [-0.39, 0.29) is 24.0 Å². The van der Waals surface area contributed by atoms with E-state index in [1.165, 1.54) is 16.7 Å². The number of ether oxygens (including phenoxy) is 1. The molecule has 6 heteroatoms. The molecule has 2 aliphatic rings. The van der Waals surface area contributed by atoms with Gasteiger partial charge in [-0.05, 0) is 43.4 Å². The van der Waals surface area contributed by atoms with Crippen molar-refractivity contribution >= 4 is 11.8 Å². The van der Waals surface area contributed by atoms with Crippen molar-refractivity contribution in [2.75, 3.05) is 20.2 Å². The molecule has 0 unspecified atom stereocenters. The van der Waals surface area contributed by atoms with Gasteiger partial charge in [-0.2, -0.15) is 0 Å². The molecular formula is C20H29N3O3. The van der Waals surface area contributed by atoms with Crippen LogP contribution in [-0.2, 0) is 20.9 Å². The van der Waals surface area contributed by atoms with Crippen molar-refractivity contribution in [3.8, 4) is 0 Å². The van der Waals surface area contributed by atoms with Crippen LogP contribution in [0.4, 0.5) is 0 Å². The molecule has 2 saturated heterocycles. The van der Waals surface area contributed by atoms with Gasteiger partial charge in [-0.25, -0.2) is 0 Å². The second-order valence-electron chi connectivity index (χ2n) is 7.47. The van der Waals surface area contributed by atoms with Gasteiger partial charge < -0.3 is 15.4 Å². The molecule has 2 amide bonds. The van der Waals surface area contributed by atoms with Crippen molar-refractivity contribution in [1.82, 2.24) is 15.5 Å². The van der Waals surface area contributed by atoms with Crippen LogP contribution in [0.15, 0.2) is 18.2 Å². The van der Waals surface area contributed by atoms with Crippen molar-refractivity contribution < 1.29 is 14.3 Å². The van der Waals surface area contributed by atoms with Crippen molar-refractivity contribution in [2.24, 2.45) is 0 Å². The number of carbonyl (C=O) groups is 2. The van der Waals surface area contributed by atoms with Gasteiger partial charge >= 0.3 is 0 Å². The number of carbonyl (C=O) groups excluding carboxylic acids is 2. The molecule has 0 bridgehead atoms. The number of amides is 2. The van der Waals surface area contributed by atoms with Crippen LogP contribution in [0.5, 0.6) is 0 Å². The predicted octanol–water partition coefficient (Wildman–Crippen LogP) is 1.29. The second-order valence-corrected chi connectivity index (χ2v) is 7.47. The first-order chi connectivity index (χ1) is 12.5. The summed E-state index contributed by atoms with van der Waals surface area (Å²) in [4.78, 5) is 26.4. The van der Waals surface area contributed by atoms with E-state index in [1.807, 2.05) is 0 Å². The molecule has 0 saturated carbocycles. The van der Waals surface area contributed by atoms with Crippen LogP contribution in [0.2, 0.25) is 0 Å². The first-order valence-electron chi connectivity index (χ1n) is 9.38. The Morgan fingerprint density at radius 1 is 1.31 bits per heavy atom. The number of likely N-dealkylation sites (tertiary alicyclic amines) is 1. The fourth-order valence-electron chi connectivity index (χ4n) is 3.97. The van der Waals surface area contributed by atoms with Gasteiger partial charge in [0.05, 0.1) is 12.1 Å². The van der Waals surface area contributed by atoms with Gasteiger partial charge in [-0.3, -0.25) is 14.5 Å². The number of aryl methyl sites for hydroxylation is 2. The number of methoxy groups -OCH3 is 1. The van der Waals surface area contributed by atoms with Crippen LogP contribution in [-0.4, -0.2) is 55.1 Å². The zero-order chi connectivity index (χ0) is 18.7. The largest absolute Gasteiger partial charge is 0.378 e. The Morgan fingerprint density at radius 2 is 2.04 bits per heavy atom. The minimum atomic E-state index is -0.415. The molecule has 0 aromatic heterocycles. The summed E-state index contributed by atoms with van der Waals surface area (Å²) >= 11 is 0. The number of piperidine rings is 1. The summed E-state index contributed by atoms with van der Waals surface area (Å²) in [6, 6.07) is 5.88. The predicted molar refractivity (Wildman–Crippen MR) is 99.7 cm³/mol. The van der Waals surface area contributed by atoms with Crippen LogP contribution >= 0.6 is 0 Å². The first-order valence-corrected chi connectivity index (χ1v) is 9.38. The molecule has 26 heavy (non-hydrogen) atoms. The van der Waals surface area contributed by atoms with Crippen LogP contribution < -0.4 is 10.6 Å². The number of nitrogens with one attached hydrogen (secondary N) is 2. The average molecular weight is 359 g/mol. The standard InChI is InChI=1S/C20H29N3O3/c1-13-6-4-7-14(2)15(13)10-23-11-17(18(12-23)26-3)22-20(25)16-8-5-9-19(24)21-16/h4,6-7,16-18H,5,8-12H2,1-3H3,(H,21,24)(H,22,25)/t16-,17-,18-/m1/s1. The third kappa shape index (κ3) is 4.24. The van der Waals surface area contributed by atoms with Gasteiger partial charge in [-0.1, -0.05) is 18.2 Å². The number of hydrogen-bond donors (Lipinski definition) is 2. The monoisotopic (exact) mass is 359 g/mol. The Hall–Kier alpha value is -1.92. The summed E-state index contributed by atoms with van der Waals surface area (Å²) < 4.78 is 5.62. The number of nitrogens with zero attached hydrogens (tertiary/aromatic N) is 1. The van der Waals surface area contributed by atoms with E-state index in [4.69, 9.17) is 4.74 Å². The molecule has 3 atom stereocenters. The Kier molecular flexibility index (Phi) is 5.94. The molecule has 2 heterocycles. The van der Waals surface area contributed by atoms with Gasteiger partial charge in [0.2, 0.25) is 11.8 Å². The lowest BCUT2D eigenvalue weighted by Crippen LogP contribution is -2.54. The second kappa shape index (κ2) is 8.18. The molecule has 6 nitrogen and oxygen atoms in total. The Labute approximate surface area is 155 Å². The molecule has 1 aromatic rings. The summed E-state index contributed by atoms with van der Waals surface area (Å²) in [5.41, 5.74) is 3.92. The van der Waals surface area contributed by atoms with E-state index in [0.29, 0.717) is 12.8 Å². The van der Waals surface area contributed by atoms with E-state index >= 15 is 0 Å². The van der Waals surface area contributed by atoms with Gasteiger partial charge in [0.1, 0.15) is 6.04 Å². The lowest BCUT2D eigenvalue weighted by atomic mass is 10.0. The maximum absolute atomic E-state index is 12.5. The maximum Gasteiger partial charge on any atom is 0.242 e. The fourth-order valence-corrected chi connectivity index (χ4v) is 3.97. The fraction of sp³-hybridized carbons (Fsp3) is 0.600. The topological polar surface area (TPSA) is 70.7 Å². The summed E-state index contributed by atoms with van der Waals surface area (Å²) in [5, 5.41) is 5.88. The molecule has 2 N–H and O–H groups in total.